The summed E-state index contributed by atoms with van der Waals surface area (Å²) in [5.74, 6) is 1.48. The van der Waals surface area contributed by atoms with Crippen LogP contribution in [-0.4, -0.2) is 6.29 Å². The zero-order valence-corrected chi connectivity index (χ0v) is 17.6. The Morgan fingerprint density at radius 2 is 0.875 bits per heavy atom. The van der Waals surface area contributed by atoms with Crippen LogP contribution in [0.3, 0.4) is 0 Å². The third kappa shape index (κ3) is 5.76. The second-order valence-corrected chi connectivity index (χ2v) is 7.28. The molecule has 0 N–H and O–H groups in total. The van der Waals surface area contributed by atoms with E-state index in [-0.39, 0.29) is 0 Å². The summed E-state index contributed by atoms with van der Waals surface area (Å²) in [6.07, 6.45) is 0.774. The van der Waals surface area contributed by atoms with Gasteiger partial charge in [-0.2, -0.15) is 0 Å². The molecule has 0 aliphatic rings. The molecule has 4 heteroatoms. The zero-order valence-electron chi connectivity index (χ0n) is 17.6. The van der Waals surface area contributed by atoms with Gasteiger partial charge in [-0.1, -0.05) is 91.0 Å². The lowest BCUT2D eigenvalue weighted by Crippen LogP contribution is -2.04. The van der Waals surface area contributed by atoms with Gasteiger partial charge in [-0.05, 0) is 22.8 Å². The van der Waals surface area contributed by atoms with E-state index in [0.717, 1.165) is 23.0 Å². The van der Waals surface area contributed by atoms with Gasteiger partial charge in [-0.3, -0.25) is 4.79 Å². The molecule has 4 nitrogen and oxygen atoms in total. The number of carbonyl (C=O) groups excluding carboxylic acids is 1. The van der Waals surface area contributed by atoms with Crippen LogP contribution in [0.25, 0.3) is 0 Å². The van der Waals surface area contributed by atoms with Crippen molar-refractivity contribution >= 4 is 6.29 Å². The second-order valence-electron chi connectivity index (χ2n) is 7.28. The van der Waals surface area contributed by atoms with Crippen molar-refractivity contribution in [3.63, 3.8) is 0 Å². The number of hydrogen-bond donors (Lipinski definition) is 0. The van der Waals surface area contributed by atoms with E-state index >= 15 is 0 Å². The van der Waals surface area contributed by atoms with Gasteiger partial charge in [-0.15, -0.1) is 0 Å². The summed E-state index contributed by atoms with van der Waals surface area (Å²) in [6.45, 7) is 1.09. The molecule has 4 rings (SSSR count). The number of aldehydes is 1. The molecule has 0 amide bonds. The summed E-state index contributed by atoms with van der Waals surface area (Å²) in [6, 6.07) is 33.0. The first-order chi connectivity index (χ1) is 15.8. The summed E-state index contributed by atoms with van der Waals surface area (Å²) >= 11 is 0. The summed E-state index contributed by atoms with van der Waals surface area (Å²) in [7, 11) is 0. The maximum atomic E-state index is 11.8. The lowest BCUT2D eigenvalue weighted by Gasteiger charge is -2.17. The molecule has 4 aromatic rings. The van der Waals surface area contributed by atoms with Crippen LogP contribution in [0.2, 0.25) is 0 Å². The largest absolute Gasteiger partial charge is 0.488 e. The smallest absolute Gasteiger partial charge is 0.165 e. The minimum Gasteiger partial charge on any atom is -0.488 e. The Morgan fingerprint density at radius 3 is 1.28 bits per heavy atom. The van der Waals surface area contributed by atoms with Crippen molar-refractivity contribution in [2.75, 3.05) is 0 Å². The molecule has 0 heterocycles. The maximum absolute atomic E-state index is 11.8. The van der Waals surface area contributed by atoms with Gasteiger partial charge in [0.2, 0.25) is 0 Å². The number of hydrogen-bond acceptors (Lipinski definition) is 4. The highest BCUT2D eigenvalue weighted by atomic mass is 16.5. The Hall–Kier alpha value is -4.05. The lowest BCUT2D eigenvalue weighted by atomic mass is 10.1. The first-order valence-electron chi connectivity index (χ1n) is 10.5. The van der Waals surface area contributed by atoms with Crippen molar-refractivity contribution in [1.29, 1.82) is 0 Å². The quantitative estimate of drug-likeness (QED) is 0.283. The molecule has 0 fully saturated rings. The van der Waals surface area contributed by atoms with Crippen LogP contribution in [0.15, 0.2) is 103 Å². The van der Waals surface area contributed by atoms with Crippen LogP contribution < -0.4 is 14.2 Å². The van der Waals surface area contributed by atoms with Gasteiger partial charge in [0.25, 0.3) is 0 Å². The topological polar surface area (TPSA) is 44.8 Å². The predicted octanol–water partition coefficient (Wildman–Crippen LogP) is 6.24. The molecule has 0 aliphatic carbocycles. The first-order valence-corrected chi connectivity index (χ1v) is 10.5. The van der Waals surface area contributed by atoms with E-state index < -0.39 is 0 Å². The number of benzene rings is 4. The second kappa shape index (κ2) is 10.8. The van der Waals surface area contributed by atoms with Crippen LogP contribution in [0.5, 0.6) is 17.2 Å². The van der Waals surface area contributed by atoms with E-state index in [1.807, 2.05) is 91.0 Å². The molecule has 0 spiro atoms. The van der Waals surface area contributed by atoms with Crippen molar-refractivity contribution in [3.05, 3.63) is 125 Å². The molecule has 160 valence electrons. The minimum absolute atomic E-state index is 0.351. The molecule has 0 radical (unpaired) electrons. The van der Waals surface area contributed by atoms with E-state index in [1.165, 1.54) is 0 Å². The Labute approximate surface area is 188 Å². The summed E-state index contributed by atoms with van der Waals surface area (Å²) in [4.78, 5) is 11.8. The number of rotatable bonds is 10. The van der Waals surface area contributed by atoms with E-state index in [4.69, 9.17) is 14.2 Å². The van der Waals surface area contributed by atoms with Crippen LogP contribution in [0, 0.1) is 0 Å². The van der Waals surface area contributed by atoms with E-state index in [0.29, 0.717) is 42.6 Å². The Bertz CT molecular complexity index is 1130. The summed E-state index contributed by atoms with van der Waals surface area (Å²) in [5, 5.41) is 0. The maximum Gasteiger partial charge on any atom is 0.165 e. The van der Waals surface area contributed by atoms with E-state index in [2.05, 4.69) is 0 Å². The zero-order chi connectivity index (χ0) is 22.0. The van der Waals surface area contributed by atoms with Crippen LogP contribution in [-0.2, 0) is 19.8 Å². The van der Waals surface area contributed by atoms with Gasteiger partial charge in [0.05, 0.1) is 5.56 Å². The van der Waals surface area contributed by atoms with Crippen LogP contribution >= 0.6 is 0 Å². The van der Waals surface area contributed by atoms with Crippen molar-refractivity contribution in [1.82, 2.24) is 0 Å². The van der Waals surface area contributed by atoms with Crippen molar-refractivity contribution in [2.45, 2.75) is 19.8 Å². The van der Waals surface area contributed by atoms with Gasteiger partial charge < -0.3 is 14.2 Å². The molecule has 0 bridgehead atoms. The fourth-order valence-electron chi connectivity index (χ4n) is 3.21. The van der Waals surface area contributed by atoms with Gasteiger partial charge in [0.15, 0.2) is 17.8 Å². The third-order valence-electron chi connectivity index (χ3n) is 4.91. The van der Waals surface area contributed by atoms with E-state index in [1.54, 1.807) is 12.1 Å². The molecule has 0 saturated carbocycles. The van der Waals surface area contributed by atoms with Crippen LogP contribution in [0.4, 0.5) is 0 Å². The average molecular weight is 424 g/mol. The number of carbonyl (C=O) groups is 1. The normalized spacial score (nSPS) is 10.4. The number of ether oxygens (including phenoxy) is 3. The van der Waals surface area contributed by atoms with Crippen LogP contribution in [0.1, 0.15) is 27.0 Å². The fourth-order valence-corrected chi connectivity index (χ4v) is 3.21. The standard InChI is InChI=1S/C28H24O4/c29-18-25-16-27(31-20-23-12-6-2-7-13-23)28(32-21-24-14-8-3-9-15-24)17-26(25)30-19-22-10-4-1-5-11-22/h1-18H,19-21H2. The Balaban J connectivity index is 1.58. The molecular weight excluding hydrogens is 400 g/mol. The predicted molar refractivity (Wildman–Crippen MR) is 124 cm³/mol. The van der Waals surface area contributed by atoms with Gasteiger partial charge in [0, 0.05) is 6.07 Å². The van der Waals surface area contributed by atoms with E-state index in [9.17, 15) is 4.79 Å². The molecule has 4 aromatic carbocycles. The first kappa shape index (κ1) is 21.2. The molecular formula is C28H24O4. The lowest BCUT2D eigenvalue weighted by molar-refractivity contribution is 0.111. The van der Waals surface area contributed by atoms with Crippen molar-refractivity contribution in [2.24, 2.45) is 0 Å². The highest BCUT2D eigenvalue weighted by Crippen LogP contribution is 2.36. The average Bonchev–Trinajstić information content (AvgIpc) is 2.87. The molecule has 0 saturated heterocycles. The fraction of sp³-hybridized carbons (Fsp3) is 0.107. The Kier molecular flexibility index (Phi) is 7.17. The summed E-state index contributed by atoms with van der Waals surface area (Å²) in [5.41, 5.74) is 3.49. The molecule has 0 unspecified atom stereocenters. The monoisotopic (exact) mass is 424 g/mol. The van der Waals surface area contributed by atoms with Gasteiger partial charge in [-0.25, -0.2) is 0 Å². The minimum atomic E-state index is 0.351. The molecule has 0 aliphatic heterocycles. The van der Waals surface area contributed by atoms with Gasteiger partial charge in [0.1, 0.15) is 25.6 Å². The third-order valence-corrected chi connectivity index (χ3v) is 4.91. The highest BCUT2D eigenvalue weighted by molar-refractivity contribution is 5.81. The van der Waals surface area contributed by atoms with Crippen molar-refractivity contribution < 1.29 is 19.0 Å². The summed E-state index contributed by atoms with van der Waals surface area (Å²) < 4.78 is 18.1. The molecule has 0 atom stereocenters. The molecule has 0 aromatic heterocycles. The molecule has 32 heavy (non-hydrogen) atoms. The Morgan fingerprint density at radius 1 is 0.500 bits per heavy atom. The van der Waals surface area contributed by atoms with Crippen molar-refractivity contribution in [3.8, 4) is 17.2 Å². The SMILES string of the molecule is O=Cc1cc(OCc2ccccc2)c(OCc2ccccc2)cc1OCc1ccccc1. The van der Waals surface area contributed by atoms with Gasteiger partial charge >= 0.3 is 0 Å². The highest BCUT2D eigenvalue weighted by Gasteiger charge is 2.14.